The predicted molar refractivity (Wildman–Crippen MR) is 329 cm³/mol. The molecule has 0 fully saturated rings. The van der Waals surface area contributed by atoms with Crippen LogP contribution >= 0.6 is 22.7 Å². The molecule has 3 nitrogen and oxygen atoms in total. The Bertz CT molecular complexity index is 4390. The Balaban J connectivity index is 0.939. The first kappa shape index (κ1) is 46.6. The second kappa shape index (κ2) is 17.6. The molecular weight excluding hydrogens is 959 g/mol. The van der Waals surface area contributed by atoms with Gasteiger partial charge in [-0.15, -0.1) is 22.7 Å². The highest BCUT2D eigenvalue weighted by Gasteiger charge is 2.33. The van der Waals surface area contributed by atoms with E-state index in [1.165, 1.54) is 118 Å². The van der Waals surface area contributed by atoms with E-state index < -0.39 is 0 Å². The Morgan fingerprint density at radius 3 is 1.51 bits per heavy atom. The lowest BCUT2D eigenvalue weighted by molar-refractivity contribution is 0.568. The largest absolute Gasteiger partial charge is 0.314 e. The van der Waals surface area contributed by atoms with E-state index in [2.05, 4.69) is 281 Å². The van der Waals surface area contributed by atoms with Gasteiger partial charge in [0.25, 0.3) is 0 Å². The summed E-state index contributed by atoms with van der Waals surface area (Å²) in [5.74, 6) is 0.429. The molecule has 0 bridgehead atoms. The van der Waals surface area contributed by atoms with E-state index in [0.29, 0.717) is 0 Å². The fourth-order valence-electron chi connectivity index (χ4n) is 12.2. The lowest BCUT2D eigenvalue weighted by Crippen LogP contribution is -2.33. The maximum absolute atomic E-state index is 2.64. The summed E-state index contributed by atoms with van der Waals surface area (Å²) in [6.45, 7) is 16.2. The van der Waals surface area contributed by atoms with Gasteiger partial charge in [-0.25, -0.2) is 0 Å². The fraction of sp³-hybridized carbons (Fsp3) is 0.155. The van der Waals surface area contributed by atoms with Gasteiger partial charge < -0.3 is 9.80 Å². The number of anilines is 5. The van der Waals surface area contributed by atoms with Crippen molar-refractivity contribution >= 4 is 110 Å². The minimum absolute atomic E-state index is 0.0395. The van der Waals surface area contributed by atoms with Crippen LogP contribution in [0, 0.1) is 11.8 Å². The van der Waals surface area contributed by atoms with Crippen LogP contribution in [0.15, 0.2) is 218 Å². The van der Waals surface area contributed by atoms with Gasteiger partial charge in [0.1, 0.15) is 9.66 Å². The summed E-state index contributed by atoms with van der Waals surface area (Å²) >= 11 is 3.89. The molecule has 4 aromatic heterocycles. The number of benzene rings is 8. The van der Waals surface area contributed by atoms with Crippen molar-refractivity contribution in [1.29, 1.82) is 0 Å². The molecule has 0 spiro atoms. The zero-order valence-corrected chi connectivity index (χ0v) is 45.7. The molecule has 2 aliphatic rings. The van der Waals surface area contributed by atoms with Gasteiger partial charge in [-0.05, 0) is 123 Å². The maximum Gasteiger partial charge on any atom is 0.110 e. The van der Waals surface area contributed by atoms with E-state index in [9.17, 15) is 0 Å². The smallest absolute Gasteiger partial charge is 0.110 e. The summed E-state index contributed by atoms with van der Waals surface area (Å²) in [6.07, 6.45) is 9.93. The van der Waals surface area contributed by atoms with Crippen LogP contribution in [0.25, 0.3) is 81.2 Å². The lowest BCUT2D eigenvalue weighted by atomic mass is 9.78. The number of allylic oxidation sites excluding steroid dienone is 4. The monoisotopic (exact) mass is 1020 g/mol. The first-order valence-electron chi connectivity index (χ1n) is 26.8. The van der Waals surface area contributed by atoms with E-state index in [-0.39, 0.29) is 22.7 Å². The second-order valence-electron chi connectivity index (χ2n) is 23.0. The Kier molecular flexibility index (Phi) is 10.8. The van der Waals surface area contributed by atoms with Crippen molar-refractivity contribution in [2.75, 3.05) is 9.80 Å². The first-order valence-corrected chi connectivity index (χ1v) is 28.4. The third-order valence-corrected chi connectivity index (χ3v) is 18.6. The number of hydrogen-bond acceptors (Lipinski definition) is 4. The van der Waals surface area contributed by atoms with Crippen molar-refractivity contribution in [2.45, 2.75) is 59.3 Å². The molecule has 0 N–H and O–H groups in total. The van der Waals surface area contributed by atoms with Crippen LogP contribution in [-0.4, -0.2) is 4.40 Å². The molecule has 2 aliphatic carbocycles. The SMILES string of the molecule is CC1C(N(c2ccc(-c3ccccc3)cc2)c2ccc(C(C)(C)C)cc2)=CC=C2C=c3c(sc4c3c3ccc(N(c5ccc(-c6ccccc6)cc5)c5ccc(C(C)(C)C)cc5)c5c6c7ccccc7sc6n4c35)=CC21. The van der Waals surface area contributed by atoms with Crippen molar-refractivity contribution in [2.24, 2.45) is 11.8 Å². The van der Waals surface area contributed by atoms with E-state index in [1.54, 1.807) is 0 Å². The van der Waals surface area contributed by atoms with Gasteiger partial charge in [0.15, 0.2) is 0 Å². The van der Waals surface area contributed by atoms with Crippen LogP contribution < -0.4 is 19.6 Å². The minimum atomic E-state index is 0.0395. The van der Waals surface area contributed by atoms with E-state index >= 15 is 0 Å². The number of rotatable bonds is 8. The van der Waals surface area contributed by atoms with Crippen LogP contribution in [0.5, 0.6) is 0 Å². The molecular formula is C71H59N3S2. The summed E-state index contributed by atoms with van der Waals surface area (Å²) in [5.41, 5.74) is 17.4. The number of aromatic nitrogens is 1. The molecule has 370 valence electrons. The Morgan fingerprint density at radius 1 is 0.447 bits per heavy atom. The quantitative estimate of drug-likeness (QED) is 0.150. The van der Waals surface area contributed by atoms with Crippen molar-refractivity contribution in [3.8, 4) is 22.3 Å². The third kappa shape index (κ3) is 7.50. The number of nitrogens with zero attached hydrogens (tertiary/aromatic N) is 3. The second-order valence-corrected chi connectivity index (χ2v) is 25.1. The highest BCUT2D eigenvalue weighted by Crippen LogP contribution is 2.52. The molecule has 0 saturated heterocycles. The normalized spacial score (nSPS) is 15.7. The van der Waals surface area contributed by atoms with Crippen molar-refractivity contribution in [3.05, 3.63) is 238 Å². The predicted octanol–water partition coefficient (Wildman–Crippen LogP) is 19.0. The molecule has 12 aromatic rings. The van der Waals surface area contributed by atoms with Gasteiger partial charge in [-0.1, -0.05) is 194 Å². The molecule has 2 atom stereocenters. The van der Waals surface area contributed by atoms with E-state index in [4.69, 9.17) is 0 Å². The summed E-state index contributed by atoms with van der Waals surface area (Å²) in [4.78, 5) is 7.63. The van der Waals surface area contributed by atoms with E-state index in [1.807, 2.05) is 22.7 Å². The molecule has 4 heterocycles. The zero-order chi connectivity index (χ0) is 51.6. The molecule has 0 aliphatic heterocycles. The Labute approximate surface area is 453 Å². The molecule has 76 heavy (non-hydrogen) atoms. The number of fused-ring (bicyclic) bond motifs is 11. The van der Waals surface area contributed by atoms with Crippen molar-refractivity contribution in [1.82, 2.24) is 4.40 Å². The molecule has 0 radical (unpaired) electrons. The molecule has 0 saturated carbocycles. The standard InChI is InChI=1S/C71H59N3S2/c1-44-58-43-63-59(42-49(58)26-40-60(44)72(54-35-27-50(28-36-54)70(2,3)4)52-31-22-47(23-32-52)45-16-10-8-11-17-45)64-57-39-41-61(66-65-56-20-14-15-21-62(56)75-69(65)74(67(57)66)68(64)76-63)73(55-37-29-51(30-38-55)71(5,6)7)53-33-24-48(25-34-53)46-18-12-9-13-19-46/h8-44,58H,1-7H3. The van der Waals surface area contributed by atoms with E-state index in [0.717, 1.165) is 11.4 Å². The van der Waals surface area contributed by atoms with Crippen LogP contribution in [0.3, 0.4) is 0 Å². The van der Waals surface area contributed by atoms with Crippen molar-refractivity contribution in [3.63, 3.8) is 0 Å². The maximum atomic E-state index is 2.64. The van der Waals surface area contributed by atoms with Crippen LogP contribution in [0.1, 0.15) is 59.6 Å². The first-order chi connectivity index (χ1) is 36.9. The summed E-state index contributed by atoms with van der Waals surface area (Å²) in [7, 11) is 0. The fourth-order valence-corrected chi connectivity index (χ4v) is 14.8. The summed E-state index contributed by atoms with van der Waals surface area (Å²) in [5, 5.41) is 7.96. The Morgan fingerprint density at radius 2 is 0.947 bits per heavy atom. The number of hydrogen-bond donors (Lipinski definition) is 0. The topological polar surface area (TPSA) is 10.9 Å². The van der Waals surface area contributed by atoms with Gasteiger partial charge in [0.2, 0.25) is 0 Å². The summed E-state index contributed by atoms with van der Waals surface area (Å²) in [6, 6.07) is 72.1. The van der Waals surface area contributed by atoms with Crippen LogP contribution in [0.2, 0.25) is 0 Å². The molecule has 2 unspecified atom stereocenters. The zero-order valence-electron chi connectivity index (χ0n) is 44.1. The highest BCUT2D eigenvalue weighted by atomic mass is 32.1. The van der Waals surface area contributed by atoms with Crippen molar-refractivity contribution < 1.29 is 0 Å². The Hall–Kier alpha value is -7.96. The van der Waals surface area contributed by atoms with Gasteiger partial charge >= 0.3 is 0 Å². The van der Waals surface area contributed by atoms with Gasteiger partial charge in [0, 0.05) is 81.7 Å². The lowest BCUT2D eigenvalue weighted by Gasteiger charge is -2.37. The highest BCUT2D eigenvalue weighted by molar-refractivity contribution is 7.26. The van der Waals surface area contributed by atoms with Gasteiger partial charge in [0.05, 0.1) is 11.2 Å². The minimum Gasteiger partial charge on any atom is -0.314 e. The number of thiophene rings is 2. The average molecular weight is 1020 g/mol. The van der Waals surface area contributed by atoms with Crippen LogP contribution in [0.4, 0.5) is 28.4 Å². The molecule has 8 aromatic carbocycles. The average Bonchev–Trinajstić information content (AvgIpc) is 4.35. The van der Waals surface area contributed by atoms with Gasteiger partial charge in [-0.2, -0.15) is 0 Å². The molecule has 5 heteroatoms. The third-order valence-electron chi connectivity index (χ3n) is 16.3. The molecule has 14 rings (SSSR count). The van der Waals surface area contributed by atoms with Gasteiger partial charge in [-0.3, -0.25) is 4.40 Å². The molecule has 0 amide bonds. The van der Waals surface area contributed by atoms with Crippen LogP contribution in [-0.2, 0) is 10.8 Å². The summed E-state index contributed by atoms with van der Waals surface area (Å²) < 4.78 is 5.31.